The number of methoxy groups -OCH3 is 1. The zero-order chi connectivity index (χ0) is 13.7. The molecule has 0 bridgehead atoms. The van der Waals surface area contributed by atoms with E-state index >= 15 is 0 Å². The number of pyridine rings is 1. The highest BCUT2D eigenvalue weighted by atomic mass is 19.1. The summed E-state index contributed by atoms with van der Waals surface area (Å²) < 4.78 is 18.3. The molecule has 2 rings (SSSR count). The molecule has 0 aliphatic carbocycles. The number of aromatic nitrogens is 1. The Hall–Kier alpha value is -2.61. The van der Waals surface area contributed by atoms with Crippen molar-refractivity contribution >= 4 is 5.69 Å². The molecule has 96 valence electrons. The van der Waals surface area contributed by atoms with E-state index < -0.39 is 5.82 Å². The van der Waals surface area contributed by atoms with Gasteiger partial charge in [0.2, 0.25) is 5.88 Å². The summed E-state index contributed by atoms with van der Waals surface area (Å²) >= 11 is 0. The van der Waals surface area contributed by atoms with Crippen LogP contribution in [-0.2, 0) is 6.54 Å². The average molecular weight is 257 g/mol. The van der Waals surface area contributed by atoms with Crippen LogP contribution in [0.4, 0.5) is 10.1 Å². The molecule has 1 N–H and O–H groups in total. The molecule has 4 nitrogen and oxygen atoms in total. The largest absolute Gasteiger partial charge is 0.481 e. The Kier molecular flexibility index (Phi) is 3.94. The number of nitrogens with one attached hydrogen (secondary N) is 1. The molecule has 0 atom stereocenters. The molecular formula is C14H12FN3O. The normalized spacial score (nSPS) is 9.74. The van der Waals surface area contributed by atoms with Crippen LogP contribution in [0.25, 0.3) is 0 Å². The minimum absolute atomic E-state index is 0.0176. The summed E-state index contributed by atoms with van der Waals surface area (Å²) in [5.74, 6) is 0.00701. The third-order valence-corrected chi connectivity index (χ3v) is 2.62. The highest BCUT2D eigenvalue weighted by molar-refractivity contribution is 5.58. The fraction of sp³-hybridized carbons (Fsp3) is 0.143. The maximum atomic E-state index is 13.4. The third-order valence-electron chi connectivity index (χ3n) is 2.62. The Morgan fingerprint density at radius 2 is 2.21 bits per heavy atom. The average Bonchev–Trinajstić information content (AvgIpc) is 2.45. The summed E-state index contributed by atoms with van der Waals surface area (Å²) in [6.07, 6.45) is 1.66. The molecule has 2 aromatic rings. The Labute approximate surface area is 110 Å². The molecule has 0 saturated carbocycles. The minimum Gasteiger partial charge on any atom is -0.481 e. The van der Waals surface area contributed by atoms with Crippen LogP contribution in [0.15, 0.2) is 36.5 Å². The van der Waals surface area contributed by atoms with Gasteiger partial charge in [-0.05, 0) is 17.7 Å². The number of halogens is 1. The van der Waals surface area contributed by atoms with Crippen molar-refractivity contribution < 1.29 is 9.13 Å². The van der Waals surface area contributed by atoms with E-state index in [9.17, 15) is 4.39 Å². The first-order chi connectivity index (χ1) is 9.24. The summed E-state index contributed by atoms with van der Waals surface area (Å²) in [7, 11) is 1.55. The molecule has 1 aromatic heterocycles. The summed E-state index contributed by atoms with van der Waals surface area (Å²) in [6.45, 7) is 0.453. The number of rotatable bonds is 4. The predicted molar refractivity (Wildman–Crippen MR) is 69.2 cm³/mol. The molecule has 5 heteroatoms. The smallest absolute Gasteiger partial charge is 0.212 e. The second kappa shape index (κ2) is 5.83. The van der Waals surface area contributed by atoms with Gasteiger partial charge in [0.25, 0.3) is 0 Å². The molecule has 0 saturated heterocycles. The van der Waals surface area contributed by atoms with Crippen molar-refractivity contribution in [3.63, 3.8) is 0 Å². The number of hydrogen-bond donors (Lipinski definition) is 1. The molecule has 0 fully saturated rings. The number of nitriles is 1. The molecule has 1 heterocycles. The van der Waals surface area contributed by atoms with E-state index in [-0.39, 0.29) is 5.56 Å². The summed E-state index contributed by atoms with van der Waals surface area (Å²) in [5, 5.41) is 11.9. The van der Waals surface area contributed by atoms with Gasteiger partial charge in [-0.3, -0.25) is 0 Å². The number of hydrogen-bond acceptors (Lipinski definition) is 4. The van der Waals surface area contributed by atoms with Gasteiger partial charge in [0.1, 0.15) is 17.4 Å². The molecule has 0 aliphatic rings. The van der Waals surface area contributed by atoms with Crippen molar-refractivity contribution in [2.75, 3.05) is 12.4 Å². The van der Waals surface area contributed by atoms with E-state index in [4.69, 9.17) is 10.00 Å². The molecule has 0 amide bonds. The van der Waals surface area contributed by atoms with Gasteiger partial charge in [-0.15, -0.1) is 0 Å². The lowest BCUT2D eigenvalue weighted by molar-refractivity contribution is 0.397. The summed E-state index contributed by atoms with van der Waals surface area (Å²) in [6, 6.07) is 9.93. The van der Waals surface area contributed by atoms with Gasteiger partial charge in [-0.25, -0.2) is 9.37 Å². The first-order valence-electron chi connectivity index (χ1n) is 5.66. The van der Waals surface area contributed by atoms with E-state index in [1.807, 2.05) is 12.1 Å². The van der Waals surface area contributed by atoms with Gasteiger partial charge >= 0.3 is 0 Å². The number of nitrogens with zero attached hydrogens (tertiary/aromatic N) is 2. The van der Waals surface area contributed by atoms with Crippen LogP contribution in [0.2, 0.25) is 0 Å². The van der Waals surface area contributed by atoms with Gasteiger partial charge in [-0.2, -0.15) is 5.26 Å². The lowest BCUT2D eigenvalue weighted by Gasteiger charge is -2.08. The van der Waals surface area contributed by atoms with Crippen molar-refractivity contribution in [3.8, 4) is 11.9 Å². The Morgan fingerprint density at radius 1 is 1.37 bits per heavy atom. The quantitative estimate of drug-likeness (QED) is 0.914. The van der Waals surface area contributed by atoms with Crippen LogP contribution < -0.4 is 10.1 Å². The molecule has 19 heavy (non-hydrogen) atoms. The van der Waals surface area contributed by atoms with Crippen molar-refractivity contribution in [3.05, 3.63) is 53.5 Å². The van der Waals surface area contributed by atoms with Gasteiger partial charge in [0, 0.05) is 18.8 Å². The van der Waals surface area contributed by atoms with Crippen LogP contribution in [0.1, 0.15) is 11.1 Å². The monoisotopic (exact) mass is 257 g/mol. The van der Waals surface area contributed by atoms with E-state index in [1.54, 1.807) is 31.5 Å². The van der Waals surface area contributed by atoms with Crippen LogP contribution in [-0.4, -0.2) is 12.1 Å². The first kappa shape index (κ1) is 12.8. The Morgan fingerprint density at radius 3 is 2.84 bits per heavy atom. The van der Waals surface area contributed by atoms with Crippen LogP contribution >= 0.6 is 0 Å². The van der Waals surface area contributed by atoms with E-state index in [1.165, 1.54) is 6.07 Å². The maximum absolute atomic E-state index is 13.4. The molecule has 0 aliphatic heterocycles. The van der Waals surface area contributed by atoms with Crippen molar-refractivity contribution in [2.45, 2.75) is 6.54 Å². The molecule has 1 aromatic carbocycles. The van der Waals surface area contributed by atoms with Gasteiger partial charge in [0.15, 0.2) is 0 Å². The minimum atomic E-state index is -0.527. The van der Waals surface area contributed by atoms with E-state index in [0.29, 0.717) is 18.1 Å². The van der Waals surface area contributed by atoms with Gasteiger partial charge in [-0.1, -0.05) is 12.1 Å². The third kappa shape index (κ3) is 2.99. The zero-order valence-electron chi connectivity index (χ0n) is 10.4. The van der Waals surface area contributed by atoms with Crippen molar-refractivity contribution in [2.24, 2.45) is 0 Å². The zero-order valence-corrected chi connectivity index (χ0v) is 10.4. The van der Waals surface area contributed by atoms with E-state index in [0.717, 1.165) is 5.56 Å². The van der Waals surface area contributed by atoms with Crippen LogP contribution in [0.5, 0.6) is 5.88 Å². The Balaban J connectivity index is 2.10. The second-order valence-corrected chi connectivity index (χ2v) is 3.84. The summed E-state index contributed by atoms with van der Waals surface area (Å²) in [5.41, 5.74) is 1.40. The van der Waals surface area contributed by atoms with Crippen LogP contribution in [0, 0.1) is 17.1 Å². The highest BCUT2D eigenvalue weighted by Gasteiger charge is 2.07. The standard InChI is InChI=1S/C14H12FN3O/c1-19-14-6-5-10(9-18-14)8-17-13-4-2-3-12(15)11(13)7-16/h2-6,9,17H,8H2,1H3. The number of ether oxygens (including phenoxy) is 1. The predicted octanol–water partition coefficient (Wildman–Crippen LogP) is 2.71. The lowest BCUT2D eigenvalue weighted by Crippen LogP contribution is -2.03. The Bertz CT molecular complexity index is 605. The number of benzene rings is 1. The molecule has 0 radical (unpaired) electrons. The second-order valence-electron chi connectivity index (χ2n) is 3.84. The molecule has 0 unspecified atom stereocenters. The van der Waals surface area contributed by atoms with Crippen LogP contribution in [0.3, 0.4) is 0 Å². The molecule has 0 spiro atoms. The topological polar surface area (TPSA) is 57.9 Å². The highest BCUT2D eigenvalue weighted by Crippen LogP contribution is 2.18. The van der Waals surface area contributed by atoms with Crippen molar-refractivity contribution in [1.82, 2.24) is 4.98 Å². The SMILES string of the molecule is COc1ccc(CNc2cccc(F)c2C#N)cn1. The fourth-order valence-corrected chi connectivity index (χ4v) is 1.62. The maximum Gasteiger partial charge on any atom is 0.212 e. The lowest BCUT2D eigenvalue weighted by atomic mass is 10.1. The number of anilines is 1. The summed E-state index contributed by atoms with van der Waals surface area (Å²) in [4.78, 5) is 4.07. The van der Waals surface area contributed by atoms with Crippen molar-refractivity contribution in [1.29, 1.82) is 5.26 Å². The first-order valence-corrected chi connectivity index (χ1v) is 5.66. The fourth-order valence-electron chi connectivity index (χ4n) is 1.62. The van der Waals surface area contributed by atoms with Gasteiger partial charge < -0.3 is 10.1 Å². The molecular weight excluding hydrogens is 245 g/mol. The van der Waals surface area contributed by atoms with E-state index in [2.05, 4.69) is 10.3 Å². The van der Waals surface area contributed by atoms with Gasteiger partial charge in [0.05, 0.1) is 12.8 Å².